The van der Waals surface area contributed by atoms with Gasteiger partial charge in [0.25, 0.3) is 0 Å². The number of rotatable bonds is 9. The van der Waals surface area contributed by atoms with Gasteiger partial charge in [0.05, 0.1) is 48.8 Å². The van der Waals surface area contributed by atoms with Crippen molar-refractivity contribution in [1.29, 1.82) is 0 Å². The average Bonchev–Trinajstić information content (AvgIpc) is 3.88. The highest BCUT2D eigenvalue weighted by Crippen LogP contribution is 2.69. The van der Waals surface area contributed by atoms with Gasteiger partial charge in [0, 0.05) is 41.4 Å². The average molecular weight is 689 g/mol. The molecule has 0 N–H and O–H groups in total. The third-order valence-corrected chi connectivity index (χ3v) is 12.6. The van der Waals surface area contributed by atoms with Crippen molar-refractivity contribution in [3.8, 4) is 17.2 Å². The van der Waals surface area contributed by atoms with Crippen LogP contribution < -0.4 is 14.2 Å². The number of epoxide rings is 2. The van der Waals surface area contributed by atoms with E-state index < -0.39 is 34.3 Å². The molecular weight excluding hydrogens is 640 g/mol. The second-order valence-corrected chi connectivity index (χ2v) is 17.0. The van der Waals surface area contributed by atoms with Gasteiger partial charge in [0.1, 0.15) is 28.4 Å². The molecule has 1 aromatic carbocycles. The third kappa shape index (κ3) is 4.46. The molecule has 8 aliphatic rings. The molecule has 1 spiro atoms. The van der Waals surface area contributed by atoms with Crippen LogP contribution in [-0.4, -0.2) is 77.6 Å². The molecule has 9 rings (SSSR count). The lowest BCUT2D eigenvalue weighted by atomic mass is 9.51. The summed E-state index contributed by atoms with van der Waals surface area (Å²) < 4.78 is 44.3. The number of carbonyl (C=O) groups excluding carboxylic acids is 3. The standard InChI is InChI=1S/C40H48O10/c1-20(34(43)45-10)11-16-39-33(42)21-17-24-29(41)28-31(44-9)22-12-14-38(8,15-13-26-36(4,5)46-26)48-30(22)23(19-27-37(6,7)47-27)32(28)49-40(24,39)25(18-21)35(2,3)50-39/h11-12,14,17,21,25-27H,13,15-16,18-19H2,1-10H3/b20-11-/t21-,25?,26?,27?,38+,39+,40-/m1/s1. The molecule has 4 bridgehead atoms. The molecule has 3 aliphatic carbocycles. The smallest absolute Gasteiger partial charge is 0.333 e. The zero-order chi connectivity index (χ0) is 36.0. The Morgan fingerprint density at radius 1 is 0.960 bits per heavy atom. The molecule has 0 amide bonds. The van der Waals surface area contributed by atoms with E-state index in [1.54, 1.807) is 26.2 Å². The van der Waals surface area contributed by atoms with Crippen LogP contribution in [0.2, 0.25) is 0 Å². The summed E-state index contributed by atoms with van der Waals surface area (Å²) in [6, 6.07) is 0. The number of fused-ring (bicyclic) bond motifs is 2. The van der Waals surface area contributed by atoms with Crippen molar-refractivity contribution < 1.29 is 47.5 Å². The van der Waals surface area contributed by atoms with Gasteiger partial charge in [-0.05, 0) is 86.8 Å². The van der Waals surface area contributed by atoms with Crippen molar-refractivity contribution in [1.82, 2.24) is 0 Å². The zero-order valence-electron chi connectivity index (χ0n) is 30.7. The fraction of sp³-hybridized carbons (Fsp3) is 0.625. The van der Waals surface area contributed by atoms with Gasteiger partial charge in [-0.1, -0.05) is 12.2 Å². The summed E-state index contributed by atoms with van der Waals surface area (Å²) in [7, 11) is 2.87. The Morgan fingerprint density at radius 2 is 1.64 bits per heavy atom. The number of hydrogen-bond acceptors (Lipinski definition) is 10. The molecule has 10 heteroatoms. The maximum absolute atomic E-state index is 15.1. The highest BCUT2D eigenvalue weighted by molar-refractivity contribution is 6.19. The first kappa shape index (κ1) is 33.7. The van der Waals surface area contributed by atoms with E-state index in [0.717, 1.165) is 6.42 Å². The van der Waals surface area contributed by atoms with Crippen LogP contribution in [0.15, 0.2) is 29.4 Å². The molecule has 0 aromatic heterocycles. The number of ketones is 2. The molecule has 7 atom stereocenters. The van der Waals surface area contributed by atoms with Gasteiger partial charge in [-0.15, -0.1) is 0 Å². The molecule has 4 fully saturated rings. The van der Waals surface area contributed by atoms with Crippen LogP contribution in [0.4, 0.5) is 0 Å². The second-order valence-electron chi connectivity index (χ2n) is 17.0. The number of ether oxygens (including phenoxy) is 7. The Labute approximate surface area is 293 Å². The van der Waals surface area contributed by atoms with Crippen LogP contribution >= 0.6 is 0 Å². The van der Waals surface area contributed by atoms with Crippen molar-refractivity contribution in [3.05, 3.63) is 46.1 Å². The Bertz CT molecular complexity index is 1850. The topological polar surface area (TPSA) is 122 Å². The minimum absolute atomic E-state index is 0.0379. The molecule has 268 valence electrons. The lowest BCUT2D eigenvalue weighted by Crippen LogP contribution is -2.72. The minimum Gasteiger partial charge on any atom is -0.495 e. The van der Waals surface area contributed by atoms with Crippen molar-refractivity contribution in [2.24, 2.45) is 11.8 Å². The van der Waals surface area contributed by atoms with E-state index in [2.05, 4.69) is 20.8 Å². The monoisotopic (exact) mass is 688 g/mol. The van der Waals surface area contributed by atoms with Crippen LogP contribution in [0.5, 0.6) is 17.2 Å². The van der Waals surface area contributed by atoms with Crippen molar-refractivity contribution in [2.45, 2.75) is 133 Å². The Morgan fingerprint density at radius 3 is 2.26 bits per heavy atom. The largest absolute Gasteiger partial charge is 0.495 e. The third-order valence-electron chi connectivity index (χ3n) is 12.6. The Kier molecular flexibility index (Phi) is 6.95. The Balaban J connectivity index is 1.31. The predicted molar refractivity (Wildman–Crippen MR) is 183 cm³/mol. The van der Waals surface area contributed by atoms with Gasteiger partial charge in [-0.3, -0.25) is 9.59 Å². The van der Waals surface area contributed by atoms with Gasteiger partial charge in [0.2, 0.25) is 0 Å². The molecule has 3 saturated heterocycles. The fourth-order valence-corrected chi connectivity index (χ4v) is 9.53. The first-order valence-corrected chi connectivity index (χ1v) is 17.8. The van der Waals surface area contributed by atoms with Crippen molar-refractivity contribution >= 4 is 23.6 Å². The quantitative estimate of drug-likeness (QED) is 0.172. The molecule has 3 unspecified atom stereocenters. The maximum atomic E-state index is 15.1. The zero-order valence-corrected chi connectivity index (χ0v) is 30.7. The number of Topliss-reactive ketones (excluding diaryl/α,β-unsaturated/α-hetero) is 2. The fourth-order valence-electron chi connectivity index (χ4n) is 9.53. The molecule has 5 aliphatic heterocycles. The second kappa shape index (κ2) is 10.3. The summed E-state index contributed by atoms with van der Waals surface area (Å²) in [5.41, 5.74) is -2.55. The number of esters is 1. The number of methoxy groups -OCH3 is 2. The summed E-state index contributed by atoms with van der Waals surface area (Å²) >= 11 is 0. The van der Waals surface area contributed by atoms with E-state index >= 15 is 4.79 Å². The van der Waals surface area contributed by atoms with Crippen LogP contribution in [-0.2, 0) is 35.0 Å². The number of hydrogen-bond donors (Lipinski definition) is 0. The highest BCUT2D eigenvalue weighted by Gasteiger charge is 2.81. The highest BCUT2D eigenvalue weighted by atomic mass is 16.6. The van der Waals surface area contributed by atoms with Gasteiger partial charge >= 0.3 is 5.97 Å². The van der Waals surface area contributed by atoms with Crippen LogP contribution in [0.25, 0.3) is 6.08 Å². The van der Waals surface area contributed by atoms with E-state index in [4.69, 9.17) is 33.2 Å². The van der Waals surface area contributed by atoms with E-state index in [-0.39, 0.29) is 47.3 Å². The van der Waals surface area contributed by atoms with Crippen LogP contribution in [0.1, 0.15) is 103 Å². The van der Waals surface area contributed by atoms with E-state index in [1.165, 1.54) is 7.11 Å². The normalized spacial score (nSPS) is 37.2. The van der Waals surface area contributed by atoms with Gasteiger partial charge in [0.15, 0.2) is 22.8 Å². The Hall–Kier alpha value is -3.47. The maximum Gasteiger partial charge on any atom is 0.333 e. The summed E-state index contributed by atoms with van der Waals surface area (Å²) in [6.07, 6.45) is 10.0. The lowest BCUT2D eigenvalue weighted by molar-refractivity contribution is -0.171. The first-order chi connectivity index (χ1) is 23.3. The van der Waals surface area contributed by atoms with E-state index in [0.29, 0.717) is 64.3 Å². The molecular formula is C40H48O10. The van der Waals surface area contributed by atoms with Crippen molar-refractivity contribution in [3.63, 3.8) is 0 Å². The molecule has 10 nitrogen and oxygen atoms in total. The SMILES string of the molecule is COC(=O)/C(C)=C\C[C@@]12OC(C)(C)C3C[C@@H](C=C4C(=O)c5c(OC)c6c(c(CC7OC7(C)C)c5O[C@]431)O[C@](C)(CCC1OC1(C)C)C=C6)C2=O. The lowest BCUT2D eigenvalue weighted by Gasteiger charge is -2.56. The summed E-state index contributed by atoms with van der Waals surface area (Å²) in [4.78, 5) is 42.2. The van der Waals surface area contributed by atoms with Crippen LogP contribution in [0.3, 0.4) is 0 Å². The molecule has 5 heterocycles. The van der Waals surface area contributed by atoms with Gasteiger partial charge < -0.3 is 33.2 Å². The summed E-state index contributed by atoms with van der Waals surface area (Å²) in [5, 5.41) is 0. The first-order valence-electron chi connectivity index (χ1n) is 17.8. The minimum atomic E-state index is -1.56. The van der Waals surface area contributed by atoms with E-state index in [9.17, 15) is 9.59 Å². The van der Waals surface area contributed by atoms with E-state index in [1.807, 2.05) is 39.8 Å². The van der Waals surface area contributed by atoms with Gasteiger partial charge in [-0.25, -0.2) is 4.79 Å². The molecule has 1 saturated carbocycles. The number of benzene rings is 1. The van der Waals surface area contributed by atoms with Gasteiger partial charge in [-0.2, -0.15) is 0 Å². The molecule has 50 heavy (non-hydrogen) atoms. The molecule has 1 aromatic rings. The molecule has 0 radical (unpaired) electrons. The summed E-state index contributed by atoms with van der Waals surface area (Å²) in [6.45, 7) is 15.9. The van der Waals surface area contributed by atoms with Crippen LogP contribution in [0, 0.1) is 11.8 Å². The predicted octanol–water partition coefficient (Wildman–Crippen LogP) is 6.05. The number of carbonyl (C=O) groups is 3. The summed E-state index contributed by atoms with van der Waals surface area (Å²) in [5.74, 6) is -0.470. The van der Waals surface area contributed by atoms with Crippen molar-refractivity contribution in [2.75, 3.05) is 14.2 Å². The number of allylic oxidation sites excluding steroid dienone is 1.